The Morgan fingerprint density at radius 2 is 1.95 bits per heavy atom. The van der Waals surface area contributed by atoms with Crippen LogP contribution in [0.25, 0.3) is 15.9 Å². The third-order valence-corrected chi connectivity index (χ3v) is 8.96. The molecule has 5 aromatic rings. The van der Waals surface area contributed by atoms with E-state index in [1.54, 1.807) is 22.2 Å². The molecule has 192 valence electrons. The van der Waals surface area contributed by atoms with Gasteiger partial charge in [-0.2, -0.15) is 4.68 Å². The highest BCUT2D eigenvalue weighted by Gasteiger charge is 2.17. The van der Waals surface area contributed by atoms with Gasteiger partial charge in [-0.15, -0.1) is 16.4 Å². The molecule has 3 aromatic heterocycles. The predicted octanol–water partition coefficient (Wildman–Crippen LogP) is 5.87. The molecule has 0 radical (unpaired) electrons. The van der Waals surface area contributed by atoms with Gasteiger partial charge in [0.25, 0.3) is 0 Å². The van der Waals surface area contributed by atoms with Gasteiger partial charge in [-0.25, -0.2) is 4.98 Å². The molecule has 0 atom stereocenters. The number of aliphatic imine (C=N–C) groups is 1. The summed E-state index contributed by atoms with van der Waals surface area (Å²) < 4.78 is 9.53. The molecular weight excluding hydrogens is 539 g/mol. The number of benzene rings is 2. The third-order valence-electron chi connectivity index (χ3n) is 5.96. The van der Waals surface area contributed by atoms with Crippen molar-refractivity contribution in [1.29, 1.82) is 0 Å². The van der Waals surface area contributed by atoms with E-state index in [1.165, 1.54) is 29.9 Å². The molecule has 0 saturated carbocycles. The second-order valence-electron chi connectivity index (χ2n) is 8.59. The van der Waals surface area contributed by atoms with Gasteiger partial charge >= 0.3 is 0 Å². The number of likely N-dealkylation sites (tertiary alicyclic amines) is 1. The second-order valence-corrected chi connectivity index (χ2v) is 11.8. The van der Waals surface area contributed by atoms with E-state index in [-0.39, 0.29) is 5.91 Å². The number of furan rings is 1. The number of fused-ring (bicyclic) bond motifs is 1. The Morgan fingerprint density at radius 3 is 2.82 bits per heavy atom. The molecule has 2 aromatic carbocycles. The molecule has 1 fully saturated rings. The van der Waals surface area contributed by atoms with Crippen LogP contribution in [-0.4, -0.2) is 61.1 Å². The van der Waals surface area contributed by atoms with Crippen molar-refractivity contribution >= 4 is 62.9 Å². The number of nitrogens with zero attached hydrogens (tertiary/aromatic N) is 7. The van der Waals surface area contributed by atoms with Crippen molar-refractivity contribution in [2.75, 3.05) is 18.8 Å². The van der Waals surface area contributed by atoms with Crippen LogP contribution in [0.4, 0.5) is 5.69 Å². The molecule has 1 aliphatic heterocycles. The van der Waals surface area contributed by atoms with Gasteiger partial charge in [0.15, 0.2) is 9.43 Å². The number of rotatable bonds is 8. The van der Waals surface area contributed by atoms with Crippen molar-refractivity contribution in [2.45, 2.75) is 33.9 Å². The van der Waals surface area contributed by atoms with Gasteiger partial charge in [0.1, 0.15) is 5.76 Å². The summed E-state index contributed by atoms with van der Waals surface area (Å²) in [5.74, 6) is 1.26. The zero-order valence-corrected chi connectivity index (χ0v) is 22.7. The minimum absolute atomic E-state index is 0.201. The molecule has 0 bridgehead atoms. The number of thioether (sulfide) groups is 1. The average Bonchev–Trinajstić information content (AvgIpc) is 3.71. The van der Waals surface area contributed by atoms with Crippen LogP contribution < -0.4 is 0 Å². The Bertz CT molecular complexity index is 1570. The number of piperidine rings is 1. The first-order chi connectivity index (χ1) is 18.7. The minimum atomic E-state index is 0.201. The monoisotopic (exact) mass is 561 g/mol. The molecule has 0 N–H and O–H groups in total. The molecule has 12 heteroatoms. The summed E-state index contributed by atoms with van der Waals surface area (Å²) in [6, 6.07) is 19.3. The third kappa shape index (κ3) is 5.82. The van der Waals surface area contributed by atoms with E-state index in [9.17, 15) is 4.79 Å². The Morgan fingerprint density at radius 1 is 1.08 bits per heavy atom. The normalized spacial score (nSPS) is 14.1. The number of hydrogen-bond donors (Lipinski definition) is 0. The van der Waals surface area contributed by atoms with Crippen LogP contribution in [0.3, 0.4) is 0 Å². The second kappa shape index (κ2) is 11.5. The van der Waals surface area contributed by atoms with Crippen molar-refractivity contribution in [3.63, 3.8) is 0 Å². The maximum absolute atomic E-state index is 12.5. The maximum Gasteiger partial charge on any atom is 0.233 e. The van der Waals surface area contributed by atoms with Gasteiger partial charge in [-0.1, -0.05) is 30.0 Å². The number of aromatic nitrogens is 5. The smallest absolute Gasteiger partial charge is 0.233 e. The first kappa shape index (κ1) is 24.8. The molecule has 1 aliphatic rings. The number of amides is 1. The molecule has 38 heavy (non-hydrogen) atoms. The number of tetrazole rings is 1. The lowest BCUT2D eigenvalue weighted by molar-refractivity contribution is -0.129. The van der Waals surface area contributed by atoms with Gasteiger partial charge in [-0.3, -0.25) is 9.79 Å². The van der Waals surface area contributed by atoms with Gasteiger partial charge in [0, 0.05) is 13.1 Å². The van der Waals surface area contributed by atoms with Crippen LogP contribution in [0.1, 0.15) is 25.0 Å². The number of hydrogen-bond acceptors (Lipinski definition) is 10. The van der Waals surface area contributed by atoms with Crippen LogP contribution in [0, 0.1) is 0 Å². The molecule has 0 spiro atoms. The SMILES string of the molecule is O=C(CSc1nc2ccc(/N=C\c3ccc(Sc4nnnn4-c4ccccc4)o3)cc2s1)N1CCCCC1. The summed E-state index contributed by atoms with van der Waals surface area (Å²) in [6.07, 6.45) is 5.12. The Kier molecular flexibility index (Phi) is 7.52. The lowest BCUT2D eigenvalue weighted by Crippen LogP contribution is -2.36. The standard InChI is InChI=1S/C26H23N7O2S3/c34-23(32-13-5-2-6-14-32)17-36-26-28-21-11-9-18(15-22(21)37-26)27-16-20-10-12-24(35-20)38-25-29-30-31-33(25)19-7-3-1-4-8-19/h1,3-4,7-12,15-16H,2,5-6,13-14,17H2/b27-16-. The highest BCUT2D eigenvalue weighted by atomic mass is 32.2. The topological polar surface area (TPSA) is 102 Å². The van der Waals surface area contributed by atoms with Gasteiger partial charge in [-0.05, 0) is 83.9 Å². The summed E-state index contributed by atoms with van der Waals surface area (Å²) in [6.45, 7) is 1.76. The molecule has 9 nitrogen and oxygen atoms in total. The van der Waals surface area contributed by atoms with Crippen LogP contribution >= 0.6 is 34.9 Å². The van der Waals surface area contributed by atoms with E-state index in [1.807, 2.05) is 65.6 Å². The molecule has 1 saturated heterocycles. The van der Waals surface area contributed by atoms with E-state index in [0.29, 0.717) is 21.8 Å². The fraction of sp³-hybridized carbons (Fsp3) is 0.231. The molecule has 6 rings (SSSR count). The summed E-state index contributed by atoms with van der Waals surface area (Å²) in [5, 5.41) is 13.3. The van der Waals surface area contributed by atoms with Crippen molar-refractivity contribution in [2.24, 2.45) is 4.99 Å². The fourth-order valence-electron chi connectivity index (χ4n) is 4.05. The van der Waals surface area contributed by atoms with Crippen LogP contribution in [0.2, 0.25) is 0 Å². The van der Waals surface area contributed by atoms with E-state index in [4.69, 9.17) is 4.42 Å². The minimum Gasteiger partial charge on any atom is -0.448 e. The summed E-state index contributed by atoms with van der Waals surface area (Å²) in [4.78, 5) is 23.7. The van der Waals surface area contributed by atoms with E-state index >= 15 is 0 Å². The average molecular weight is 562 g/mol. The first-order valence-electron chi connectivity index (χ1n) is 12.2. The molecule has 1 amide bonds. The van der Waals surface area contributed by atoms with E-state index in [2.05, 4.69) is 25.5 Å². The highest BCUT2D eigenvalue weighted by molar-refractivity contribution is 8.01. The van der Waals surface area contributed by atoms with Crippen LogP contribution in [-0.2, 0) is 4.79 Å². The van der Waals surface area contributed by atoms with Crippen LogP contribution in [0.15, 0.2) is 84.7 Å². The zero-order valence-electron chi connectivity index (χ0n) is 20.3. The molecule has 0 aliphatic carbocycles. The molecule has 4 heterocycles. The van der Waals surface area contributed by atoms with Crippen molar-refractivity contribution in [3.05, 3.63) is 66.4 Å². The lowest BCUT2D eigenvalue weighted by atomic mass is 10.1. The van der Waals surface area contributed by atoms with E-state index in [0.717, 1.165) is 51.9 Å². The van der Waals surface area contributed by atoms with Gasteiger partial charge < -0.3 is 9.32 Å². The quantitative estimate of drug-likeness (QED) is 0.171. The van der Waals surface area contributed by atoms with E-state index < -0.39 is 0 Å². The molecular formula is C26H23N7O2S3. The summed E-state index contributed by atoms with van der Waals surface area (Å²) >= 11 is 4.44. The number of para-hydroxylation sites is 1. The van der Waals surface area contributed by atoms with Gasteiger partial charge in [0.05, 0.1) is 33.6 Å². The van der Waals surface area contributed by atoms with Crippen LogP contribution in [0.5, 0.6) is 0 Å². The predicted molar refractivity (Wildman–Crippen MR) is 150 cm³/mol. The molecule has 0 unspecified atom stereocenters. The number of carbonyl (C=O) groups is 1. The Hall–Kier alpha value is -3.48. The lowest BCUT2D eigenvalue weighted by Gasteiger charge is -2.26. The number of carbonyl (C=O) groups excluding carboxylic acids is 1. The van der Waals surface area contributed by atoms with Crippen molar-refractivity contribution < 1.29 is 9.21 Å². The van der Waals surface area contributed by atoms with Gasteiger partial charge in [0.2, 0.25) is 11.1 Å². The largest absolute Gasteiger partial charge is 0.448 e. The van der Waals surface area contributed by atoms with Crippen molar-refractivity contribution in [3.8, 4) is 5.69 Å². The summed E-state index contributed by atoms with van der Waals surface area (Å²) in [5.41, 5.74) is 2.59. The summed E-state index contributed by atoms with van der Waals surface area (Å²) in [7, 11) is 0. The van der Waals surface area contributed by atoms with Crippen molar-refractivity contribution in [1.82, 2.24) is 30.1 Å². The Labute approximate surface area is 231 Å². The Balaban J connectivity index is 1.09. The number of thiazole rings is 1. The fourth-order valence-corrected chi connectivity index (χ4v) is 6.82. The maximum atomic E-state index is 12.5. The highest BCUT2D eigenvalue weighted by Crippen LogP contribution is 2.33. The first-order valence-corrected chi connectivity index (χ1v) is 14.8. The zero-order chi connectivity index (χ0) is 25.7.